The zero-order valence-corrected chi connectivity index (χ0v) is 16.7. The van der Waals surface area contributed by atoms with Crippen LogP contribution >= 0.6 is 0 Å². The van der Waals surface area contributed by atoms with Crippen LogP contribution in [0.3, 0.4) is 0 Å². The maximum Gasteiger partial charge on any atom is 0.251 e. The fourth-order valence-corrected chi connectivity index (χ4v) is 5.21. The number of ether oxygens (including phenoxy) is 1. The SMILES string of the molecule is C[C@H]1C[C@@H]2[C@@H](CC(=O)N2CCN2CCOCC2)[C@@H]1CNC(=O)c1ccccc1. The second kappa shape index (κ2) is 8.62. The average molecular weight is 386 g/mol. The van der Waals surface area contributed by atoms with Gasteiger partial charge in [-0.15, -0.1) is 0 Å². The second-order valence-electron chi connectivity index (χ2n) is 8.43. The smallest absolute Gasteiger partial charge is 0.251 e. The third-order valence-corrected chi connectivity index (χ3v) is 6.81. The van der Waals surface area contributed by atoms with Gasteiger partial charge in [-0.05, 0) is 36.3 Å². The highest BCUT2D eigenvalue weighted by atomic mass is 16.5. The van der Waals surface area contributed by atoms with E-state index in [0.717, 1.165) is 45.8 Å². The maximum absolute atomic E-state index is 12.7. The lowest BCUT2D eigenvalue weighted by atomic mass is 9.88. The summed E-state index contributed by atoms with van der Waals surface area (Å²) in [5.74, 6) is 1.52. The van der Waals surface area contributed by atoms with Crippen LogP contribution in [0.25, 0.3) is 0 Å². The highest BCUT2D eigenvalue weighted by molar-refractivity contribution is 5.94. The van der Waals surface area contributed by atoms with E-state index in [1.807, 2.05) is 30.3 Å². The Morgan fingerprint density at radius 3 is 2.68 bits per heavy atom. The maximum atomic E-state index is 12.7. The van der Waals surface area contributed by atoms with Gasteiger partial charge in [-0.3, -0.25) is 14.5 Å². The molecule has 2 saturated heterocycles. The first-order valence-corrected chi connectivity index (χ1v) is 10.6. The lowest BCUT2D eigenvalue weighted by molar-refractivity contribution is -0.129. The minimum Gasteiger partial charge on any atom is -0.379 e. The van der Waals surface area contributed by atoms with Crippen molar-refractivity contribution in [1.29, 1.82) is 0 Å². The van der Waals surface area contributed by atoms with Crippen molar-refractivity contribution in [1.82, 2.24) is 15.1 Å². The lowest BCUT2D eigenvalue weighted by Crippen LogP contribution is -2.44. The van der Waals surface area contributed by atoms with Crippen molar-refractivity contribution >= 4 is 11.8 Å². The Labute approximate surface area is 167 Å². The van der Waals surface area contributed by atoms with E-state index in [2.05, 4.69) is 22.0 Å². The fourth-order valence-electron chi connectivity index (χ4n) is 5.21. The Bertz CT molecular complexity index is 690. The molecule has 0 bridgehead atoms. The monoisotopic (exact) mass is 385 g/mol. The molecule has 2 heterocycles. The van der Waals surface area contributed by atoms with E-state index < -0.39 is 0 Å². The van der Waals surface area contributed by atoms with Crippen molar-refractivity contribution in [2.75, 3.05) is 45.9 Å². The molecule has 6 nitrogen and oxygen atoms in total. The normalized spacial score (nSPS) is 30.5. The number of benzene rings is 1. The van der Waals surface area contributed by atoms with Crippen LogP contribution in [0.5, 0.6) is 0 Å². The van der Waals surface area contributed by atoms with Crippen LogP contribution in [0.1, 0.15) is 30.1 Å². The fraction of sp³-hybridized carbons (Fsp3) is 0.636. The van der Waals surface area contributed by atoms with Crippen molar-refractivity contribution in [3.8, 4) is 0 Å². The highest BCUT2D eigenvalue weighted by Gasteiger charge is 2.50. The van der Waals surface area contributed by atoms with Gasteiger partial charge in [0, 0.05) is 50.7 Å². The van der Waals surface area contributed by atoms with Gasteiger partial charge in [-0.1, -0.05) is 25.1 Å². The van der Waals surface area contributed by atoms with E-state index in [1.54, 1.807) is 0 Å². The van der Waals surface area contributed by atoms with E-state index in [-0.39, 0.29) is 11.8 Å². The topological polar surface area (TPSA) is 61.9 Å². The summed E-state index contributed by atoms with van der Waals surface area (Å²) in [5, 5.41) is 3.11. The molecule has 152 valence electrons. The number of hydrogen-bond acceptors (Lipinski definition) is 4. The predicted octanol–water partition coefficient (Wildman–Crippen LogP) is 1.62. The summed E-state index contributed by atoms with van der Waals surface area (Å²) in [4.78, 5) is 29.6. The van der Waals surface area contributed by atoms with E-state index >= 15 is 0 Å². The van der Waals surface area contributed by atoms with E-state index in [1.165, 1.54) is 0 Å². The zero-order chi connectivity index (χ0) is 19.5. The number of amides is 2. The zero-order valence-electron chi connectivity index (χ0n) is 16.7. The van der Waals surface area contributed by atoms with Gasteiger partial charge in [0.15, 0.2) is 0 Å². The van der Waals surface area contributed by atoms with Gasteiger partial charge in [0.25, 0.3) is 5.91 Å². The highest BCUT2D eigenvalue weighted by Crippen LogP contribution is 2.45. The standard InChI is InChI=1S/C22H31N3O3/c1-16-13-20-18(19(16)15-23-22(27)17-5-3-2-4-6-17)14-21(26)25(20)8-7-24-9-11-28-12-10-24/h2-6,16,18-20H,7-15H2,1H3,(H,23,27)/t16-,18-,19+,20+/m0/s1. The number of carbonyl (C=O) groups is 2. The van der Waals surface area contributed by atoms with Crippen LogP contribution in [0.15, 0.2) is 30.3 Å². The molecule has 1 saturated carbocycles. The van der Waals surface area contributed by atoms with Crippen LogP contribution < -0.4 is 5.32 Å². The summed E-state index contributed by atoms with van der Waals surface area (Å²) < 4.78 is 5.41. The molecule has 0 radical (unpaired) electrons. The molecule has 4 atom stereocenters. The van der Waals surface area contributed by atoms with Crippen molar-refractivity contribution < 1.29 is 14.3 Å². The second-order valence-corrected chi connectivity index (χ2v) is 8.43. The van der Waals surface area contributed by atoms with Crippen molar-refractivity contribution in [2.45, 2.75) is 25.8 Å². The van der Waals surface area contributed by atoms with Gasteiger partial charge in [-0.2, -0.15) is 0 Å². The number of likely N-dealkylation sites (tertiary alicyclic amines) is 1. The average Bonchev–Trinajstić information content (AvgIpc) is 3.19. The van der Waals surface area contributed by atoms with Gasteiger partial charge < -0.3 is 15.0 Å². The van der Waals surface area contributed by atoms with Crippen LogP contribution in [-0.4, -0.2) is 73.6 Å². The molecule has 3 aliphatic rings. The van der Waals surface area contributed by atoms with Gasteiger partial charge in [-0.25, -0.2) is 0 Å². The number of morpholine rings is 1. The quantitative estimate of drug-likeness (QED) is 0.808. The molecule has 1 aromatic rings. The summed E-state index contributed by atoms with van der Waals surface area (Å²) >= 11 is 0. The molecule has 0 unspecified atom stereocenters. The third-order valence-electron chi connectivity index (χ3n) is 6.81. The first kappa shape index (κ1) is 19.4. The molecule has 1 aromatic carbocycles. The molecule has 2 amide bonds. The predicted molar refractivity (Wildman–Crippen MR) is 107 cm³/mol. The number of carbonyl (C=O) groups excluding carboxylic acids is 2. The van der Waals surface area contributed by atoms with Crippen molar-refractivity contribution in [2.24, 2.45) is 17.8 Å². The number of nitrogens with zero attached hydrogens (tertiary/aromatic N) is 2. The molecular weight excluding hydrogens is 354 g/mol. The van der Waals surface area contributed by atoms with Gasteiger partial charge in [0.2, 0.25) is 5.91 Å². The Morgan fingerprint density at radius 2 is 1.93 bits per heavy atom. The van der Waals surface area contributed by atoms with E-state index in [9.17, 15) is 9.59 Å². The third kappa shape index (κ3) is 4.08. The van der Waals surface area contributed by atoms with Crippen LogP contribution in [-0.2, 0) is 9.53 Å². The van der Waals surface area contributed by atoms with Gasteiger partial charge in [0.05, 0.1) is 13.2 Å². The molecule has 1 N–H and O–H groups in total. The van der Waals surface area contributed by atoms with E-state index in [0.29, 0.717) is 42.3 Å². The molecule has 4 rings (SSSR count). The molecular formula is C22H31N3O3. The van der Waals surface area contributed by atoms with Crippen LogP contribution in [0, 0.1) is 17.8 Å². The Morgan fingerprint density at radius 1 is 1.18 bits per heavy atom. The molecule has 3 fully saturated rings. The van der Waals surface area contributed by atoms with Crippen molar-refractivity contribution in [3.05, 3.63) is 35.9 Å². The molecule has 0 spiro atoms. The molecule has 0 aromatic heterocycles. The van der Waals surface area contributed by atoms with Gasteiger partial charge >= 0.3 is 0 Å². The number of nitrogens with one attached hydrogen (secondary N) is 1. The molecule has 1 aliphatic carbocycles. The molecule has 2 aliphatic heterocycles. The largest absolute Gasteiger partial charge is 0.379 e. The Hall–Kier alpha value is -1.92. The summed E-state index contributed by atoms with van der Waals surface area (Å²) in [6.45, 7) is 8.17. The Balaban J connectivity index is 1.32. The summed E-state index contributed by atoms with van der Waals surface area (Å²) in [5.41, 5.74) is 0.694. The summed E-state index contributed by atoms with van der Waals surface area (Å²) in [6, 6.07) is 9.68. The summed E-state index contributed by atoms with van der Waals surface area (Å²) in [7, 11) is 0. The number of rotatable bonds is 6. The first-order valence-electron chi connectivity index (χ1n) is 10.6. The molecule has 6 heteroatoms. The lowest BCUT2D eigenvalue weighted by Gasteiger charge is -2.31. The number of fused-ring (bicyclic) bond motifs is 1. The summed E-state index contributed by atoms with van der Waals surface area (Å²) in [6.07, 6.45) is 1.68. The molecule has 28 heavy (non-hydrogen) atoms. The van der Waals surface area contributed by atoms with Crippen molar-refractivity contribution in [3.63, 3.8) is 0 Å². The minimum absolute atomic E-state index is 0.0234. The Kier molecular flexibility index (Phi) is 5.97. The first-order chi connectivity index (χ1) is 13.6. The van der Waals surface area contributed by atoms with Gasteiger partial charge in [0.1, 0.15) is 0 Å². The van der Waals surface area contributed by atoms with Crippen LogP contribution in [0.2, 0.25) is 0 Å². The van der Waals surface area contributed by atoms with Crippen LogP contribution in [0.4, 0.5) is 0 Å². The number of hydrogen-bond donors (Lipinski definition) is 1. The minimum atomic E-state index is -0.0234. The van der Waals surface area contributed by atoms with E-state index in [4.69, 9.17) is 4.74 Å².